The summed E-state index contributed by atoms with van der Waals surface area (Å²) in [5.74, 6) is -1.41. The van der Waals surface area contributed by atoms with Gasteiger partial charge in [-0.2, -0.15) is 0 Å². The first-order valence-corrected chi connectivity index (χ1v) is 5.55. The predicted molar refractivity (Wildman–Crippen MR) is 60.0 cm³/mol. The lowest BCUT2D eigenvalue weighted by molar-refractivity contribution is -0.155. The van der Waals surface area contributed by atoms with Gasteiger partial charge in [-0.1, -0.05) is 19.0 Å². The van der Waals surface area contributed by atoms with E-state index in [0.717, 1.165) is 6.21 Å². The molecule has 0 aliphatic rings. The third-order valence-electron chi connectivity index (χ3n) is 2.36. The molecule has 2 atom stereocenters. The number of carbonyl (C=O) groups is 1. The summed E-state index contributed by atoms with van der Waals surface area (Å²) in [6, 6.07) is 0. The number of nitrogens with zero attached hydrogens (tertiary/aromatic N) is 1. The Morgan fingerprint density at radius 2 is 2.06 bits per heavy atom. The monoisotopic (exact) mass is 233 g/mol. The molecule has 5 heteroatoms. The quantitative estimate of drug-likeness (QED) is 0.385. The second-order valence-corrected chi connectivity index (χ2v) is 3.45. The van der Waals surface area contributed by atoms with Gasteiger partial charge in [0.2, 0.25) is 5.67 Å². The molecule has 0 aliphatic carbocycles. The molecule has 16 heavy (non-hydrogen) atoms. The van der Waals surface area contributed by atoms with Crippen LogP contribution in [0.15, 0.2) is 5.16 Å². The van der Waals surface area contributed by atoms with E-state index in [1.807, 2.05) is 0 Å². The van der Waals surface area contributed by atoms with Gasteiger partial charge in [-0.15, -0.1) is 0 Å². The maximum absolute atomic E-state index is 14.4. The van der Waals surface area contributed by atoms with Crippen LogP contribution in [0.2, 0.25) is 0 Å². The fourth-order valence-corrected chi connectivity index (χ4v) is 1.11. The number of carbonyl (C=O) groups excluding carboxylic acids is 1. The number of rotatable bonds is 7. The normalized spacial score (nSPS) is 16.8. The summed E-state index contributed by atoms with van der Waals surface area (Å²) >= 11 is 0. The molecule has 0 fully saturated rings. The van der Waals surface area contributed by atoms with Crippen molar-refractivity contribution >= 4 is 12.2 Å². The summed E-state index contributed by atoms with van der Waals surface area (Å²) in [4.78, 5) is 16.2. The van der Waals surface area contributed by atoms with Crippen LogP contribution >= 0.6 is 0 Å². The summed E-state index contributed by atoms with van der Waals surface area (Å²) in [6.45, 7) is 7.26. The third kappa shape index (κ3) is 3.79. The van der Waals surface area contributed by atoms with Crippen molar-refractivity contribution in [3.63, 3.8) is 0 Å². The first kappa shape index (κ1) is 14.9. The standard InChI is InChI=1S/C11H20FNO3/c1-5-9(4)11(12,8-13-16-7-3)10(14)15-6-2/h8-9H,5-7H2,1-4H3. The molecule has 0 aromatic carbocycles. The Morgan fingerprint density at radius 1 is 1.44 bits per heavy atom. The van der Waals surface area contributed by atoms with E-state index in [1.54, 1.807) is 27.7 Å². The van der Waals surface area contributed by atoms with Crippen LogP contribution in [0.25, 0.3) is 0 Å². The van der Waals surface area contributed by atoms with Gasteiger partial charge in [-0.05, 0) is 20.3 Å². The molecule has 0 aromatic heterocycles. The van der Waals surface area contributed by atoms with Crippen molar-refractivity contribution in [1.29, 1.82) is 0 Å². The molecule has 94 valence electrons. The van der Waals surface area contributed by atoms with Crippen LogP contribution < -0.4 is 0 Å². The highest BCUT2D eigenvalue weighted by atomic mass is 19.1. The highest BCUT2D eigenvalue weighted by molar-refractivity contribution is 5.98. The minimum atomic E-state index is -2.21. The van der Waals surface area contributed by atoms with Crippen molar-refractivity contribution in [1.82, 2.24) is 0 Å². The van der Waals surface area contributed by atoms with Gasteiger partial charge in [0, 0.05) is 5.92 Å². The molecule has 0 saturated heterocycles. The summed E-state index contributed by atoms with van der Waals surface area (Å²) < 4.78 is 19.1. The molecule has 2 unspecified atom stereocenters. The van der Waals surface area contributed by atoms with E-state index in [2.05, 4.69) is 9.99 Å². The zero-order chi connectivity index (χ0) is 12.6. The van der Waals surface area contributed by atoms with Crippen LogP contribution in [0.3, 0.4) is 0 Å². The highest BCUT2D eigenvalue weighted by Crippen LogP contribution is 2.25. The van der Waals surface area contributed by atoms with Gasteiger partial charge < -0.3 is 9.57 Å². The fourth-order valence-electron chi connectivity index (χ4n) is 1.11. The summed E-state index contributed by atoms with van der Waals surface area (Å²) in [7, 11) is 0. The molecule has 0 amide bonds. The summed E-state index contributed by atoms with van der Waals surface area (Å²) in [6.07, 6.45) is 1.40. The lowest BCUT2D eigenvalue weighted by atomic mass is 9.90. The summed E-state index contributed by atoms with van der Waals surface area (Å²) in [5.41, 5.74) is -2.21. The van der Waals surface area contributed by atoms with Gasteiger partial charge in [-0.3, -0.25) is 0 Å². The van der Waals surface area contributed by atoms with Crippen LogP contribution in [0.5, 0.6) is 0 Å². The number of hydrogen-bond donors (Lipinski definition) is 0. The van der Waals surface area contributed by atoms with Crippen LogP contribution in [-0.2, 0) is 14.4 Å². The van der Waals surface area contributed by atoms with E-state index in [1.165, 1.54) is 0 Å². The van der Waals surface area contributed by atoms with E-state index in [4.69, 9.17) is 4.74 Å². The third-order valence-corrected chi connectivity index (χ3v) is 2.36. The van der Waals surface area contributed by atoms with Gasteiger partial charge in [0.1, 0.15) is 6.61 Å². The van der Waals surface area contributed by atoms with Gasteiger partial charge in [-0.25, -0.2) is 9.18 Å². The number of alkyl halides is 1. The largest absolute Gasteiger partial charge is 0.463 e. The first-order chi connectivity index (χ1) is 7.52. The molecule has 0 bridgehead atoms. The molecule has 0 spiro atoms. The van der Waals surface area contributed by atoms with Gasteiger partial charge >= 0.3 is 5.97 Å². The Morgan fingerprint density at radius 3 is 2.50 bits per heavy atom. The lowest BCUT2D eigenvalue weighted by Gasteiger charge is -2.24. The average Bonchev–Trinajstić information content (AvgIpc) is 2.28. The Kier molecular flexibility index (Phi) is 6.69. The Hall–Kier alpha value is -1.13. The van der Waals surface area contributed by atoms with Crippen molar-refractivity contribution < 1.29 is 18.8 Å². The molecular weight excluding hydrogens is 213 g/mol. The van der Waals surface area contributed by atoms with Crippen molar-refractivity contribution in [2.24, 2.45) is 11.1 Å². The minimum absolute atomic E-state index is 0.142. The maximum atomic E-state index is 14.4. The number of ether oxygens (including phenoxy) is 1. The Bertz CT molecular complexity index is 245. The Balaban J connectivity index is 4.80. The fraction of sp³-hybridized carbons (Fsp3) is 0.818. The smallest absolute Gasteiger partial charge is 0.350 e. The maximum Gasteiger partial charge on any atom is 0.350 e. The van der Waals surface area contributed by atoms with E-state index >= 15 is 0 Å². The molecule has 0 radical (unpaired) electrons. The van der Waals surface area contributed by atoms with Crippen LogP contribution in [0.4, 0.5) is 4.39 Å². The molecule has 0 saturated carbocycles. The van der Waals surface area contributed by atoms with E-state index < -0.39 is 17.6 Å². The lowest BCUT2D eigenvalue weighted by Crippen LogP contribution is -2.43. The molecular formula is C11H20FNO3. The SMILES string of the molecule is CCON=CC(F)(C(=O)OCC)C(C)CC. The number of oxime groups is 1. The first-order valence-electron chi connectivity index (χ1n) is 5.55. The van der Waals surface area contributed by atoms with E-state index in [9.17, 15) is 9.18 Å². The van der Waals surface area contributed by atoms with Gasteiger partial charge in [0.15, 0.2) is 0 Å². The second-order valence-electron chi connectivity index (χ2n) is 3.45. The van der Waals surface area contributed by atoms with E-state index in [-0.39, 0.29) is 6.61 Å². The van der Waals surface area contributed by atoms with Crippen molar-refractivity contribution in [2.45, 2.75) is 39.8 Å². The summed E-state index contributed by atoms with van der Waals surface area (Å²) in [5, 5.41) is 3.43. The zero-order valence-corrected chi connectivity index (χ0v) is 10.3. The predicted octanol–water partition coefficient (Wildman–Crippen LogP) is 2.33. The van der Waals surface area contributed by atoms with Crippen LogP contribution in [0.1, 0.15) is 34.1 Å². The molecule has 0 heterocycles. The van der Waals surface area contributed by atoms with Gasteiger partial charge in [0.05, 0.1) is 12.8 Å². The van der Waals surface area contributed by atoms with Crippen LogP contribution in [-0.4, -0.2) is 31.1 Å². The van der Waals surface area contributed by atoms with Crippen molar-refractivity contribution in [2.75, 3.05) is 13.2 Å². The zero-order valence-electron chi connectivity index (χ0n) is 10.3. The van der Waals surface area contributed by atoms with E-state index in [0.29, 0.717) is 13.0 Å². The molecule has 0 rings (SSSR count). The number of halogens is 1. The molecule has 0 N–H and O–H groups in total. The number of hydrogen-bond acceptors (Lipinski definition) is 4. The Labute approximate surface area is 95.8 Å². The van der Waals surface area contributed by atoms with Crippen LogP contribution in [0, 0.1) is 5.92 Å². The molecule has 4 nitrogen and oxygen atoms in total. The number of esters is 1. The topological polar surface area (TPSA) is 47.9 Å². The second kappa shape index (κ2) is 7.19. The van der Waals surface area contributed by atoms with Gasteiger partial charge in [0.25, 0.3) is 0 Å². The molecule has 0 aliphatic heterocycles. The average molecular weight is 233 g/mol. The highest BCUT2D eigenvalue weighted by Gasteiger charge is 2.44. The minimum Gasteiger partial charge on any atom is -0.463 e. The van der Waals surface area contributed by atoms with Crippen molar-refractivity contribution in [3.8, 4) is 0 Å². The molecule has 0 aromatic rings. The van der Waals surface area contributed by atoms with Crippen molar-refractivity contribution in [3.05, 3.63) is 0 Å².